The third kappa shape index (κ3) is 1.80. The molecule has 0 spiro atoms. The monoisotopic (exact) mass is 230 g/mol. The van der Waals surface area contributed by atoms with Gasteiger partial charge in [-0.25, -0.2) is 4.68 Å². The lowest BCUT2D eigenvalue weighted by atomic mass is 9.91. The fraction of sp³-hybridized carbons (Fsp3) is 0.875. The molecule has 0 saturated carbocycles. The summed E-state index contributed by atoms with van der Waals surface area (Å²) in [6, 6.07) is 0. The highest BCUT2D eigenvalue weighted by atomic mass is 16.5. The number of tetrazole rings is 1. The van der Waals surface area contributed by atoms with E-state index < -0.39 is 24.5 Å². The van der Waals surface area contributed by atoms with Crippen LogP contribution in [0, 0.1) is 5.92 Å². The number of nitrogens with zero attached hydrogens (tertiary/aromatic N) is 4. The van der Waals surface area contributed by atoms with Gasteiger partial charge in [-0.1, -0.05) is 6.92 Å². The maximum absolute atomic E-state index is 9.79. The Kier molecular flexibility index (Phi) is 3.15. The standard InChI is InChI=1S/C8H14N4O4/c1-4-6(14)7(15)5(2-13)16-8(4)12-3-9-10-11-12/h3-8,13-15H,2H2,1H3. The van der Waals surface area contributed by atoms with E-state index in [2.05, 4.69) is 15.5 Å². The molecule has 1 aromatic rings. The third-order valence-electron chi connectivity index (χ3n) is 2.84. The van der Waals surface area contributed by atoms with E-state index in [1.54, 1.807) is 6.92 Å². The molecule has 2 heterocycles. The van der Waals surface area contributed by atoms with Crippen molar-refractivity contribution in [1.82, 2.24) is 20.2 Å². The highest BCUT2D eigenvalue weighted by Gasteiger charge is 2.43. The lowest BCUT2D eigenvalue weighted by molar-refractivity contribution is -0.231. The Balaban J connectivity index is 2.20. The molecule has 1 aliphatic rings. The molecule has 0 bridgehead atoms. The van der Waals surface area contributed by atoms with Gasteiger partial charge in [0.15, 0.2) is 6.23 Å². The summed E-state index contributed by atoms with van der Waals surface area (Å²) in [4.78, 5) is 0. The smallest absolute Gasteiger partial charge is 0.159 e. The molecule has 1 saturated heterocycles. The lowest BCUT2D eigenvalue weighted by Gasteiger charge is -2.40. The van der Waals surface area contributed by atoms with E-state index in [0.29, 0.717) is 0 Å². The van der Waals surface area contributed by atoms with Crippen molar-refractivity contribution in [3.05, 3.63) is 6.33 Å². The highest BCUT2D eigenvalue weighted by molar-refractivity contribution is 4.87. The zero-order chi connectivity index (χ0) is 11.7. The van der Waals surface area contributed by atoms with Crippen molar-refractivity contribution in [2.24, 2.45) is 5.92 Å². The number of aliphatic hydroxyl groups excluding tert-OH is 3. The van der Waals surface area contributed by atoms with Crippen LogP contribution in [-0.4, -0.2) is 60.4 Å². The van der Waals surface area contributed by atoms with Crippen molar-refractivity contribution in [3.63, 3.8) is 0 Å². The molecule has 0 amide bonds. The molecule has 3 N–H and O–H groups in total. The second kappa shape index (κ2) is 4.42. The molecule has 5 atom stereocenters. The molecule has 1 aliphatic heterocycles. The van der Waals surface area contributed by atoms with Crippen molar-refractivity contribution in [3.8, 4) is 0 Å². The predicted octanol–water partition coefficient (Wildman–Crippen LogP) is -2.08. The van der Waals surface area contributed by atoms with Crippen LogP contribution in [0.15, 0.2) is 6.33 Å². The number of rotatable bonds is 2. The molecule has 0 aliphatic carbocycles. The third-order valence-corrected chi connectivity index (χ3v) is 2.84. The summed E-state index contributed by atoms with van der Waals surface area (Å²) >= 11 is 0. The van der Waals surface area contributed by atoms with Crippen LogP contribution in [0.5, 0.6) is 0 Å². The van der Waals surface area contributed by atoms with Crippen LogP contribution in [0.4, 0.5) is 0 Å². The SMILES string of the molecule is CC1C(O)C(O)C(CO)OC1n1cnnn1. The Bertz CT molecular complexity index is 331. The summed E-state index contributed by atoms with van der Waals surface area (Å²) in [5, 5.41) is 39.1. The van der Waals surface area contributed by atoms with Gasteiger partial charge in [0.05, 0.1) is 12.7 Å². The first-order valence-electron chi connectivity index (χ1n) is 5.00. The van der Waals surface area contributed by atoms with Crippen molar-refractivity contribution in [2.45, 2.75) is 31.5 Å². The Morgan fingerprint density at radius 3 is 2.69 bits per heavy atom. The van der Waals surface area contributed by atoms with E-state index in [-0.39, 0.29) is 12.5 Å². The van der Waals surface area contributed by atoms with Gasteiger partial charge in [0.25, 0.3) is 0 Å². The number of aliphatic hydroxyl groups is 3. The average molecular weight is 230 g/mol. The first-order valence-corrected chi connectivity index (χ1v) is 5.00. The van der Waals surface area contributed by atoms with Gasteiger partial charge in [-0.15, -0.1) is 5.10 Å². The summed E-state index contributed by atoms with van der Waals surface area (Å²) in [5.74, 6) is -0.374. The maximum Gasteiger partial charge on any atom is 0.159 e. The molecular weight excluding hydrogens is 216 g/mol. The average Bonchev–Trinajstić information content (AvgIpc) is 2.80. The molecule has 0 aromatic carbocycles. The first kappa shape index (κ1) is 11.4. The van der Waals surface area contributed by atoms with Crippen molar-refractivity contribution in [2.75, 3.05) is 6.61 Å². The Hall–Kier alpha value is -1.09. The largest absolute Gasteiger partial charge is 0.394 e. The summed E-state index contributed by atoms with van der Waals surface area (Å²) in [6.07, 6.45) is -2.15. The van der Waals surface area contributed by atoms with Crippen molar-refractivity contribution < 1.29 is 20.1 Å². The van der Waals surface area contributed by atoms with E-state index in [1.165, 1.54) is 11.0 Å². The normalized spacial score (nSPS) is 39.9. The molecule has 90 valence electrons. The minimum atomic E-state index is -1.10. The van der Waals surface area contributed by atoms with Crippen LogP contribution >= 0.6 is 0 Å². The summed E-state index contributed by atoms with van der Waals surface area (Å²) in [7, 11) is 0. The van der Waals surface area contributed by atoms with Gasteiger partial charge in [-0.3, -0.25) is 0 Å². The second-order valence-corrected chi connectivity index (χ2v) is 3.88. The minimum absolute atomic E-state index is 0.371. The quantitative estimate of drug-likeness (QED) is 0.534. The first-order chi connectivity index (χ1) is 7.65. The van der Waals surface area contributed by atoms with E-state index in [9.17, 15) is 10.2 Å². The van der Waals surface area contributed by atoms with Crippen LogP contribution in [-0.2, 0) is 4.74 Å². The molecule has 2 rings (SSSR count). The number of ether oxygens (including phenoxy) is 1. The van der Waals surface area contributed by atoms with Crippen molar-refractivity contribution >= 4 is 0 Å². The Morgan fingerprint density at radius 2 is 2.12 bits per heavy atom. The lowest BCUT2D eigenvalue weighted by Crippen LogP contribution is -2.53. The summed E-state index contributed by atoms with van der Waals surface area (Å²) in [6.45, 7) is 1.34. The molecule has 5 unspecified atom stereocenters. The maximum atomic E-state index is 9.79. The molecule has 1 fully saturated rings. The van der Waals surface area contributed by atoms with E-state index in [1.807, 2.05) is 0 Å². The molecule has 8 heteroatoms. The fourth-order valence-corrected chi connectivity index (χ4v) is 1.82. The van der Waals surface area contributed by atoms with Gasteiger partial charge < -0.3 is 20.1 Å². The second-order valence-electron chi connectivity index (χ2n) is 3.88. The van der Waals surface area contributed by atoms with E-state index >= 15 is 0 Å². The van der Waals surface area contributed by atoms with Crippen LogP contribution < -0.4 is 0 Å². The zero-order valence-corrected chi connectivity index (χ0v) is 8.71. The molecular formula is C8H14N4O4. The molecule has 8 nitrogen and oxygen atoms in total. The van der Waals surface area contributed by atoms with Gasteiger partial charge in [0, 0.05) is 5.92 Å². The molecule has 1 aromatic heterocycles. The van der Waals surface area contributed by atoms with Gasteiger partial charge in [-0.05, 0) is 10.4 Å². The van der Waals surface area contributed by atoms with Crippen LogP contribution in [0.2, 0.25) is 0 Å². The minimum Gasteiger partial charge on any atom is -0.394 e. The summed E-state index contributed by atoms with van der Waals surface area (Å²) < 4.78 is 6.78. The van der Waals surface area contributed by atoms with Crippen LogP contribution in [0.3, 0.4) is 0 Å². The van der Waals surface area contributed by atoms with Crippen molar-refractivity contribution in [1.29, 1.82) is 0 Å². The topological polar surface area (TPSA) is 114 Å². The molecule has 0 radical (unpaired) electrons. The number of hydrogen-bond acceptors (Lipinski definition) is 7. The molecule has 16 heavy (non-hydrogen) atoms. The fourth-order valence-electron chi connectivity index (χ4n) is 1.82. The van der Waals surface area contributed by atoms with Gasteiger partial charge in [-0.2, -0.15) is 0 Å². The van der Waals surface area contributed by atoms with Gasteiger partial charge in [0.2, 0.25) is 0 Å². The van der Waals surface area contributed by atoms with Gasteiger partial charge >= 0.3 is 0 Å². The Morgan fingerprint density at radius 1 is 1.38 bits per heavy atom. The highest BCUT2D eigenvalue weighted by Crippen LogP contribution is 2.31. The van der Waals surface area contributed by atoms with E-state index in [0.717, 1.165) is 0 Å². The Labute approximate surface area is 91.5 Å². The van der Waals surface area contributed by atoms with Crippen LogP contribution in [0.1, 0.15) is 13.2 Å². The van der Waals surface area contributed by atoms with E-state index in [4.69, 9.17) is 9.84 Å². The number of aromatic nitrogens is 4. The van der Waals surface area contributed by atoms with Crippen LogP contribution in [0.25, 0.3) is 0 Å². The van der Waals surface area contributed by atoms with Gasteiger partial charge in [0.1, 0.15) is 18.5 Å². The number of hydrogen-bond donors (Lipinski definition) is 3. The predicted molar refractivity (Wildman–Crippen MR) is 50.0 cm³/mol. The zero-order valence-electron chi connectivity index (χ0n) is 8.71. The summed E-state index contributed by atoms with van der Waals surface area (Å²) in [5.41, 5.74) is 0.